The fourth-order valence-corrected chi connectivity index (χ4v) is 5.66. The Balaban J connectivity index is 0.00000289. The van der Waals surface area contributed by atoms with E-state index in [9.17, 15) is 0 Å². The van der Waals surface area contributed by atoms with E-state index in [-0.39, 0.29) is 12.4 Å². The number of hydrogen-bond donors (Lipinski definition) is 0. The summed E-state index contributed by atoms with van der Waals surface area (Å²) in [6, 6.07) is 9.57. The number of benzene rings is 1. The van der Waals surface area contributed by atoms with Gasteiger partial charge in [0.1, 0.15) is 0 Å². The number of piperidine rings is 1. The molecule has 3 aliphatic rings. The van der Waals surface area contributed by atoms with E-state index >= 15 is 0 Å². The lowest BCUT2D eigenvalue weighted by Crippen LogP contribution is -2.46. The Morgan fingerprint density at radius 3 is 2.22 bits per heavy atom. The molecule has 0 aromatic heterocycles. The summed E-state index contributed by atoms with van der Waals surface area (Å²) in [5.41, 5.74) is 4.88. The molecule has 0 spiro atoms. The van der Waals surface area contributed by atoms with Crippen LogP contribution in [-0.4, -0.2) is 63.9 Å². The van der Waals surface area contributed by atoms with Gasteiger partial charge in [-0.2, -0.15) is 5.26 Å². The SMILES string of the molecule is COC1CCN(c2ccc(N3CCN(CC#N)CC3)c(C3CCC(C)(C)CC3)c2)CC1.Cl. The lowest BCUT2D eigenvalue weighted by Gasteiger charge is -2.40. The number of nitrogens with zero attached hydrogens (tertiary/aromatic N) is 4. The van der Waals surface area contributed by atoms with E-state index in [0.717, 1.165) is 52.1 Å². The number of anilines is 2. The number of piperazine rings is 1. The van der Waals surface area contributed by atoms with E-state index in [1.165, 1.54) is 37.1 Å². The summed E-state index contributed by atoms with van der Waals surface area (Å²) in [5.74, 6) is 0.664. The van der Waals surface area contributed by atoms with Crippen molar-refractivity contribution in [2.24, 2.45) is 5.41 Å². The predicted octanol–water partition coefficient (Wildman–Crippen LogP) is 5.05. The highest BCUT2D eigenvalue weighted by Crippen LogP contribution is 2.45. The van der Waals surface area contributed by atoms with Crippen molar-refractivity contribution in [1.82, 2.24) is 4.90 Å². The number of ether oxygens (including phenoxy) is 1. The minimum Gasteiger partial charge on any atom is -0.381 e. The van der Waals surface area contributed by atoms with Crippen molar-refractivity contribution in [3.05, 3.63) is 23.8 Å². The Labute approximate surface area is 201 Å². The van der Waals surface area contributed by atoms with Gasteiger partial charge in [0.25, 0.3) is 0 Å². The molecular formula is C26H41ClN4O. The molecule has 2 aliphatic heterocycles. The first-order chi connectivity index (χ1) is 15.0. The predicted molar refractivity (Wildman–Crippen MR) is 135 cm³/mol. The van der Waals surface area contributed by atoms with Crippen molar-refractivity contribution in [3.8, 4) is 6.07 Å². The molecule has 0 bridgehead atoms. The third-order valence-corrected chi connectivity index (χ3v) is 7.94. The molecule has 0 radical (unpaired) electrons. The normalized spacial score (nSPS) is 22.9. The molecule has 2 heterocycles. The maximum atomic E-state index is 9.03. The van der Waals surface area contributed by atoms with Crippen molar-refractivity contribution in [3.63, 3.8) is 0 Å². The molecule has 178 valence electrons. The average molecular weight is 461 g/mol. The van der Waals surface area contributed by atoms with Gasteiger partial charge in [-0.1, -0.05) is 13.8 Å². The molecule has 0 unspecified atom stereocenters. The highest BCUT2D eigenvalue weighted by molar-refractivity contribution is 5.85. The molecule has 6 heteroatoms. The molecule has 1 saturated carbocycles. The van der Waals surface area contributed by atoms with Crippen LogP contribution in [0.2, 0.25) is 0 Å². The molecule has 3 fully saturated rings. The summed E-state index contributed by atoms with van der Waals surface area (Å²) in [6.45, 7) is 11.6. The number of halogens is 1. The maximum absolute atomic E-state index is 9.03. The largest absolute Gasteiger partial charge is 0.381 e. The average Bonchev–Trinajstić information content (AvgIpc) is 2.80. The topological polar surface area (TPSA) is 42.7 Å². The summed E-state index contributed by atoms with van der Waals surface area (Å²) in [7, 11) is 1.84. The maximum Gasteiger partial charge on any atom is 0.0867 e. The monoisotopic (exact) mass is 460 g/mol. The molecule has 0 atom stereocenters. The quantitative estimate of drug-likeness (QED) is 0.575. The first-order valence-electron chi connectivity index (χ1n) is 12.2. The van der Waals surface area contributed by atoms with E-state index in [1.54, 1.807) is 5.56 Å². The van der Waals surface area contributed by atoms with E-state index in [4.69, 9.17) is 10.00 Å². The van der Waals surface area contributed by atoms with Gasteiger partial charge in [-0.3, -0.25) is 4.90 Å². The molecular weight excluding hydrogens is 420 g/mol. The van der Waals surface area contributed by atoms with Crippen molar-refractivity contribution in [2.75, 3.05) is 62.7 Å². The molecule has 1 aromatic rings. The highest BCUT2D eigenvalue weighted by Gasteiger charge is 2.31. The fourth-order valence-electron chi connectivity index (χ4n) is 5.66. The second-order valence-electron chi connectivity index (χ2n) is 10.5. The third kappa shape index (κ3) is 5.90. The molecule has 1 aromatic carbocycles. The summed E-state index contributed by atoms with van der Waals surface area (Å²) < 4.78 is 5.58. The van der Waals surface area contributed by atoms with Gasteiger partial charge in [-0.25, -0.2) is 0 Å². The highest BCUT2D eigenvalue weighted by atomic mass is 35.5. The van der Waals surface area contributed by atoms with Crippen LogP contribution in [0.25, 0.3) is 0 Å². The van der Waals surface area contributed by atoms with Gasteiger partial charge >= 0.3 is 0 Å². The van der Waals surface area contributed by atoms with Crippen LogP contribution >= 0.6 is 12.4 Å². The van der Waals surface area contributed by atoms with Gasteiger partial charge in [0.05, 0.1) is 18.7 Å². The van der Waals surface area contributed by atoms with Crippen LogP contribution in [0.4, 0.5) is 11.4 Å². The van der Waals surface area contributed by atoms with Crippen molar-refractivity contribution in [2.45, 2.75) is 64.4 Å². The first kappa shape index (κ1) is 25.1. The summed E-state index contributed by atoms with van der Waals surface area (Å²) in [6.07, 6.45) is 7.87. The zero-order valence-electron chi connectivity index (χ0n) is 20.2. The Bertz CT molecular complexity index is 767. The van der Waals surface area contributed by atoms with E-state index in [1.807, 2.05) is 7.11 Å². The second kappa shape index (κ2) is 11.1. The summed E-state index contributed by atoms with van der Waals surface area (Å²) >= 11 is 0. The van der Waals surface area contributed by atoms with E-state index in [2.05, 4.69) is 52.8 Å². The minimum absolute atomic E-state index is 0. The van der Waals surface area contributed by atoms with Gasteiger partial charge in [0, 0.05) is 57.8 Å². The number of nitriles is 1. The third-order valence-electron chi connectivity index (χ3n) is 7.94. The molecule has 32 heavy (non-hydrogen) atoms. The second-order valence-corrected chi connectivity index (χ2v) is 10.5. The fraction of sp³-hybridized carbons (Fsp3) is 0.731. The molecule has 1 aliphatic carbocycles. The lowest BCUT2D eigenvalue weighted by atomic mass is 9.71. The summed E-state index contributed by atoms with van der Waals surface area (Å²) in [4.78, 5) is 7.40. The Hall–Kier alpha value is -1.48. The van der Waals surface area contributed by atoms with Gasteiger partial charge < -0.3 is 14.5 Å². The van der Waals surface area contributed by atoms with Crippen molar-refractivity contribution < 1.29 is 4.74 Å². The van der Waals surface area contributed by atoms with Gasteiger partial charge in [-0.15, -0.1) is 12.4 Å². The molecule has 0 N–H and O–H groups in total. The standard InChI is InChI=1S/C26H40N4O.ClH/c1-26(2)10-6-21(7-11-26)24-20-22(29-13-8-23(31-3)9-14-29)4-5-25(24)30-18-16-28(15-12-27)17-19-30;/h4-5,20-21,23H,6-11,13-19H2,1-3H3;1H. The first-order valence-corrected chi connectivity index (χ1v) is 12.2. The van der Waals surface area contributed by atoms with E-state index < -0.39 is 0 Å². The number of hydrogen-bond acceptors (Lipinski definition) is 5. The van der Waals surface area contributed by atoms with Crippen LogP contribution in [0.3, 0.4) is 0 Å². The van der Waals surface area contributed by atoms with Crippen LogP contribution in [0, 0.1) is 16.7 Å². The Kier molecular flexibility index (Phi) is 8.72. The minimum atomic E-state index is 0. The van der Waals surface area contributed by atoms with Crippen LogP contribution in [0.15, 0.2) is 18.2 Å². The Morgan fingerprint density at radius 1 is 0.969 bits per heavy atom. The molecule has 0 amide bonds. The smallest absolute Gasteiger partial charge is 0.0867 e. The molecule has 5 nitrogen and oxygen atoms in total. The van der Waals surface area contributed by atoms with Gasteiger partial charge in [-0.05, 0) is 73.6 Å². The number of rotatable bonds is 5. The molecule has 2 saturated heterocycles. The summed E-state index contributed by atoms with van der Waals surface area (Å²) in [5, 5.41) is 9.03. The zero-order valence-corrected chi connectivity index (χ0v) is 21.0. The van der Waals surface area contributed by atoms with Crippen molar-refractivity contribution >= 4 is 23.8 Å². The van der Waals surface area contributed by atoms with Gasteiger partial charge in [0.15, 0.2) is 0 Å². The van der Waals surface area contributed by atoms with Gasteiger partial charge in [0.2, 0.25) is 0 Å². The lowest BCUT2D eigenvalue weighted by molar-refractivity contribution is 0.0819. The van der Waals surface area contributed by atoms with Crippen LogP contribution in [0.1, 0.15) is 63.9 Å². The van der Waals surface area contributed by atoms with Crippen LogP contribution < -0.4 is 9.80 Å². The Morgan fingerprint density at radius 2 is 1.62 bits per heavy atom. The van der Waals surface area contributed by atoms with Crippen molar-refractivity contribution in [1.29, 1.82) is 5.26 Å². The number of methoxy groups -OCH3 is 1. The molecule has 4 rings (SSSR count). The van der Waals surface area contributed by atoms with Crippen LogP contribution in [0.5, 0.6) is 0 Å². The zero-order chi connectivity index (χ0) is 21.8. The van der Waals surface area contributed by atoms with E-state index in [0.29, 0.717) is 24.0 Å². The van der Waals surface area contributed by atoms with Crippen LogP contribution in [-0.2, 0) is 4.74 Å².